The summed E-state index contributed by atoms with van der Waals surface area (Å²) in [6.45, 7) is 5.36. The molecule has 1 aromatic carbocycles. The van der Waals surface area contributed by atoms with Crippen molar-refractivity contribution in [1.29, 1.82) is 5.26 Å². The zero-order valence-corrected chi connectivity index (χ0v) is 10.0. The largest absolute Gasteiger partial charge is 0.506 e. The number of hydrogen-bond donors (Lipinski definition) is 1. The number of rotatable bonds is 2. The Morgan fingerprint density at radius 1 is 1.24 bits per heavy atom. The van der Waals surface area contributed by atoms with E-state index >= 15 is 0 Å². The monoisotopic (exact) mass is 231 g/mol. The van der Waals surface area contributed by atoms with Crippen molar-refractivity contribution < 1.29 is 5.11 Å². The third-order valence-corrected chi connectivity index (χ3v) is 3.27. The summed E-state index contributed by atoms with van der Waals surface area (Å²) in [5.74, 6) is 0.328. The number of benzene rings is 1. The van der Waals surface area contributed by atoms with Crippen LogP contribution in [-0.2, 0) is 0 Å². The van der Waals surface area contributed by atoms with Crippen molar-refractivity contribution in [2.24, 2.45) is 0 Å². The molecule has 1 aliphatic rings. The van der Waals surface area contributed by atoms with Gasteiger partial charge in [-0.05, 0) is 19.1 Å². The Labute approximate surface area is 102 Å². The molecule has 4 heteroatoms. The highest BCUT2D eigenvalue weighted by Gasteiger charge is 2.21. The average molecular weight is 231 g/mol. The molecule has 0 aliphatic carbocycles. The minimum absolute atomic E-state index is 0.0264. The van der Waals surface area contributed by atoms with Crippen molar-refractivity contribution in [2.45, 2.75) is 13.0 Å². The normalized spacial score (nSPS) is 18.7. The van der Waals surface area contributed by atoms with E-state index in [-0.39, 0.29) is 6.04 Å². The number of phenols is 1. The van der Waals surface area contributed by atoms with E-state index < -0.39 is 0 Å². The molecule has 1 N–H and O–H groups in total. The predicted octanol–water partition coefficient (Wildman–Crippen LogP) is 1.43. The first-order valence-corrected chi connectivity index (χ1v) is 5.89. The van der Waals surface area contributed by atoms with Crippen LogP contribution in [0.15, 0.2) is 24.3 Å². The van der Waals surface area contributed by atoms with E-state index in [0.29, 0.717) is 5.75 Å². The second kappa shape index (κ2) is 5.07. The fourth-order valence-electron chi connectivity index (χ4n) is 2.16. The topological polar surface area (TPSA) is 50.5 Å². The number of aromatic hydroxyl groups is 1. The van der Waals surface area contributed by atoms with Gasteiger partial charge in [-0.3, -0.25) is 4.90 Å². The first kappa shape index (κ1) is 11.7. The van der Waals surface area contributed by atoms with Crippen LogP contribution in [0.4, 0.5) is 5.69 Å². The van der Waals surface area contributed by atoms with Crippen LogP contribution < -0.4 is 4.90 Å². The number of anilines is 1. The summed E-state index contributed by atoms with van der Waals surface area (Å²) in [5.41, 5.74) is 0.886. The van der Waals surface area contributed by atoms with Crippen molar-refractivity contribution in [1.82, 2.24) is 4.90 Å². The Morgan fingerprint density at radius 2 is 1.88 bits per heavy atom. The van der Waals surface area contributed by atoms with Gasteiger partial charge in [-0.25, -0.2) is 0 Å². The Kier molecular flexibility index (Phi) is 3.50. The van der Waals surface area contributed by atoms with Gasteiger partial charge in [0.05, 0.1) is 17.8 Å². The lowest BCUT2D eigenvalue weighted by atomic mass is 10.2. The first-order chi connectivity index (χ1) is 8.22. The highest BCUT2D eigenvalue weighted by molar-refractivity contribution is 5.57. The van der Waals surface area contributed by atoms with Gasteiger partial charge < -0.3 is 10.0 Å². The van der Waals surface area contributed by atoms with Crippen LogP contribution in [0.1, 0.15) is 6.92 Å². The van der Waals surface area contributed by atoms with Gasteiger partial charge in [-0.15, -0.1) is 0 Å². The fraction of sp³-hybridized carbons (Fsp3) is 0.462. The molecular weight excluding hydrogens is 214 g/mol. The van der Waals surface area contributed by atoms with Gasteiger partial charge in [0.1, 0.15) is 5.75 Å². The van der Waals surface area contributed by atoms with Crippen molar-refractivity contribution >= 4 is 5.69 Å². The van der Waals surface area contributed by atoms with Crippen LogP contribution in [0.2, 0.25) is 0 Å². The Hall–Kier alpha value is -1.73. The maximum absolute atomic E-state index is 9.78. The number of nitriles is 1. The molecule has 4 nitrogen and oxygen atoms in total. The van der Waals surface area contributed by atoms with Crippen LogP contribution in [0.3, 0.4) is 0 Å². The predicted molar refractivity (Wildman–Crippen MR) is 67.0 cm³/mol. The van der Waals surface area contributed by atoms with Gasteiger partial charge in [-0.2, -0.15) is 5.26 Å². The van der Waals surface area contributed by atoms with E-state index in [0.717, 1.165) is 31.9 Å². The van der Waals surface area contributed by atoms with Crippen LogP contribution in [-0.4, -0.2) is 42.2 Å². The van der Waals surface area contributed by atoms with Crippen molar-refractivity contribution in [3.8, 4) is 11.8 Å². The lowest BCUT2D eigenvalue weighted by Gasteiger charge is -2.37. The average Bonchev–Trinajstić information content (AvgIpc) is 2.39. The Balaban J connectivity index is 2.01. The maximum Gasteiger partial charge on any atom is 0.138 e. The molecule has 1 aromatic rings. The summed E-state index contributed by atoms with van der Waals surface area (Å²) in [6, 6.07) is 9.63. The molecule has 0 aromatic heterocycles. The molecular formula is C13H17N3O. The van der Waals surface area contributed by atoms with Crippen LogP contribution in [0, 0.1) is 11.3 Å². The zero-order chi connectivity index (χ0) is 12.3. The molecule has 1 heterocycles. The van der Waals surface area contributed by atoms with E-state index in [4.69, 9.17) is 5.26 Å². The summed E-state index contributed by atoms with van der Waals surface area (Å²) < 4.78 is 0. The van der Waals surface area contributed by atoms with Gasteiger partial charge in [0.15, 0.2) is 0 Å². The molecule has 2 rings (SSSR count). The summed E-state index contributed by atoms with van der Waals surface area (Å²) in [5, 5.41) is 18.6. The molecule has 17 heavy (non-hydrogen) atoms. The third kappa shape index (κ3) is 2.51. The van der Waals surface area contributed by atoms with Gasteiger partial charge in [0.2, 0.25) is 0 Å². The lowest BCUT2D eigenvalue weighted by Crippen LogP contribution is -2.49. The number of phenolic OH excluding ortho intramolecular Hbond substituents is 1. The third-order valence-electron chi connectivity index (χ3n) is 3.27. The van der Waals surface area contributed by atoms with Crippen LogP contribution in [0.25, 0.3) is 0 Å². The molecule has 90 valence electrons. The van der Waals surface area contributed by atoms with Gasteiger partial charge in [-0.1, -0.05) is 12.1 Å². The SMILES string of the molecule is C[C@H](C#N)N1CCN(c2ccccc2O)CC1. The summed E-state index contributed by atoms with van der Waals surface area (Å²) >= 11 is 0. The summed E-state index contributed by atoms with van der Waals surface area (Å²) in [6.07, 6.45) is 0. The molecule has 1 aliphatic heterocycles. The van der Waals surface area contributed by atoms with Crippen LogP contribution >= 0.6 is 0 Å². The van der Waals surface area contributed by atoms with E-state index in [1.54, 1.807) is 6.07 Å². The molecule has 0 radical (unpaired) electrons. The number of nitrogens with zero attached hydrogens (tertiary/aromatic N) is 3. The molecule has 0 bridgehead atoms. The smallest absolute Gasteiger partial charge is 0.138 e. The molecule has 0 amide bonds. The summed E-state index contributed by atoms with van der Waals surface area (Å²) in [7, 11) is 0. The second-order valence-corrected chi connectivity index (χ2v) is 4.32. The highest BCUT2D eigenvalue weighted by Crippen LogP contribution is 2.27. The first-order valence-electron chi connectivity index (χ1n) is 5.89. The molecule has 0 unspecified atom stereocenters. The Bertz CT molecular complexity index is 419. The molecule has 0 saturated carbocycles. The van der Waals surface area contributed by atoms with Gasteiger partial charge in [0, 0.05) is 26.2 Å². The zero-order valence-electron chi connectivity index (χ0n) is 10.0. The Morgan fingerprint density at radius 3 is 2.47 bits per heavy atom. The van der Waals surface area contributed by atoms with Crippen molar-refractivity contribution in [2.75, 3.05) is 31.1 Å². The molecule has 0 spiro atoms. The maximum atomic E-state index is 9.78. The fourth-order valence-corrected chi connectivity index (χ4v) is 2.16. The van der Waals surface area contributed by atoms with Crippen molar-refractivity contribution in [3.05, 3.63) is 24.3 Å². The number of hydrogen-bond acceptors (Lipinski definition) is 4. The van der Waals surface area contributed by atoms with E-state index in [1.165, 1.54) is 0 Å². The molecule has 1 saturated heterocycles. The minimum atomic E-state index is -0.0264. The van der Waals surface area contributed by atoms with Gasteiger partial charge >= 0.3 is 0 Å². The standard InChI is InChI=1S/C13H17N3O/c1-11(10-14)15-6-8-16(9-7-15)12-4-2-3-5-13(12)17/h2-5,11,17H,6-9H2,1H3/t11-/m1/s1. The van der Waals surface area contributed by atoms with Gasteiger partial charge in [0.25, 0.3) is 0 Å². The van der Waals surface area contributed by atoms with E-state index in [9.17, 15) is 5.11 Å². The quantitative estimate of drug-likeness (QED) is 0.836. The highest BCUT2D eigenvalue weighted by atomic mass is 16.3. The number of piperazine rings is 1. The summed E-state index contributed by atoms with van der Waals surface area (Å²) in [4.78, 5) is 4.33. The van der Waals surface area contributed by atoms with E-state index in [2.05, 4.69) is 15.9 Å². The van der Waals surface area contributed by atoms with E-state index in [1.807, 2.05) is 25.1 Å². The van der Waals surface area contributed by atoms with Crippen LogP contribution in [0.5, 0.6) is 5.75 Å². The molecule has 1 fully saturated rings. The minimum Gasteiger partial charge on any atom is -0.506 e. The number of para-hydroxylation sites is 2. The van der Waals surface area contributed by atoms with Crippen molar-refractivity contribution in [3.63, 3.8) is 0 Å². The lowest BCUT2D eigenvalue weighted by molar-refractivity contribution is 0.231. The second-order valence-electron chi connectivity index (χ2n) is 4.32. The molecule has 1 atom stereocenters.